The maximum atomic E-state index is 12.9. The van der Waals surface area contributed by atoms with Crippen LogP contribution in [-0.2, 0) is 0 Å². The molecule has 1 aromatic carbocycles. The standard InChI is InChI=1S/C19H20N4OS/c1-13-7-8-15-16(20)17(25-18(15)21-13)19(24)23-11-9-22(10-12-23)14-5-3-2-4-6-14/h2-8H,9-12,20H2,1H3. The zero-order chi connectivity index (χ0) is 17.4. The topological polar surface area (TPSA) is 62.5 Å². The summed E-state index contributed by atoms with van der Waals surface area (Å²) in [5.41, 5.74) is 8.92. The van der Waals surface area contributed by atoms with Gasteiger partial charge < -0.3 is 15.5 Å². The number of aryl methyl sites for hydroxylation is 1. The van der Waals surface area contributed by atoms with Gasteiger partial charge in [-0.25, -0.2) is 4.98 Å². The summed E-state index contributed by atoms with van der Waals surface area (Å²) in [5, 5.41) is 0.877. The average Bonchev–Trinajstić information content (AvgIpc) is 2.98. The van der Waals surface area contributed by atoms with Gasteiger partial charge in [-0.15, -0.1) is 11.3 Å². The summed E-state index contributed by atoms with van der Waals surface area (Å²) in [4.78, 5) is 23.1. The zero-order valence-electron chi connectivity index (χ0n) is 14.1. The van der Waals surface area contributed by atoms with Crippen molar-refractivity contribution in [2.75, 3.05) is 36.8 Å². The van der Waals surface area contributed by atoms with Gasteiger partial charge in [-0.3, -0.25) is 4.79 Å². The molecule has 1 saturated heterocycles. The first-order chi connectivity index (χ1) is 12.1. The van der Waals surface area contributed by atoms with Crippen LogP contribution in [0.1, 0.15) is 15.4 Å². The van der Waals surface area contributed by atoms with Gasteiger partial charge in [0.15, 0.2) is 0 Å². The molecule has 0 unspecified atom stereocenters. The number of hydrogen-bond donors (Lipinski definition) is 1. The van der Waals surface area contributed by atoms with Crippen molar-refractivity contribution in [3.8, 4) is 0 Å². The zero-order valence-corrected chi connectivity index (χ0v) is 14.9. The fourth-order valence-corrected chi connectivity index (χ4v) is 4.31. The minimum atomic E-state index is 0.0193. The van der Waals surface area contributed by atoms with E-state index in [1.54, 1.807) is 0 Å². The third-order valence-corrected chi connectivity index (χ3v) is 5.72. The average molecular weight is 352 g/mol. The Morgan fingerprint density at radius 2 is 1.80 bits per heavy atom. The van der Waals surface area contributed by atoms with Crippen molar-refractivity contribution in [1.29, 1.82) is 0 Å². The summed E-state index contributed by atoms with van der Waals surface area (Å²) in [6, 6.07) is 14.2. The monoisotopic (exact) mass is 352 g/mol. The summed E-state index contributed by atoms with van der Waals surface area (Å²) in [6.45, 7) is 5.01. The number of nitrogens with two attached hydrogens (primary N) is 1. The maximum Gasteiger partial charge on any atom is 0.266 e. The number of para-hydroxylation sites is 1. The molecule has 2 aromatic heterocycles. The van der Waals surface area contributed by atoms with Gasteiger partial charge in [-0.05, 0) is 31.2 Å². The van der Waals surface area contributed by atoms with Gasteiger partial charge in [-0.1, -0.05) is 18.2 Å². The number of anilines is 2. The lowest BCUT2D eigenvalue weighted by Gasteiger charge is -2.36. The lowest BCUT2D eigenvalue weighted by molar-refractivity contribution is 0.0752. The highest BCUT2D eigenvalue weighted by Crippen LogP contribution is 2.33. The van der Waals surface area contributed by atoms with E-state index < -0.39 is 0 Å². The van der Waals surface area contributed by atoms with Crippen molar-refractivity contribution < 1.29 is 4.79 Å². The number of aromatic nitrogens is 1. The molecule has 0 radical (unpaired) electrons. The molecule has 0 spiro atoms. The molecular formula is C19H20N4OS. The SMILES string of the molecule is Cc1ccc2c(N)c(C(=O)N3CCN(c4ccccc4)CC3)sc2n1. The van der Waals surface area contributed by atoms with E-state index in [-0.39, 0.29) is 5.91 Å². The Hall–Kier alpha value is -2.60. The van der Waals surface area contributed by atoms with Crippen LogP contribution in [0.5, 0.6) is 0 Å². The molecule has 128 valence electrons. The highest BCUT2D eigenvalue weighted by Gasteiger charge is 2.26. The molecule has 1 fully saturated rings. The van der Waals surface area contributed by atoms with Crippen molar-refractivity contribution in [2.45, 2.75) is 6.92 Å². The van der Waals surface area contributed by atoms with Crippen LogP contribution >= 0.6 is 11.3 Å². The molecule has 5 nitrogen and oxygen atoms in total. The highest BCUT2D eigenvalue weighted by atomic mass is 32.1. The summed E-state index contributed by atoms with van der Waals surface area (Å²) in [7, 11) is 0. The second-order valence-electron chi connectivity index (χ2n) is 6.27. The highest BCUT2D eigenvalue weighted by molar-refractivity contribution is 7.21. The Kier molecular flexibility index (Phi) is 4.05. The van der Waals surface area contributed by atoms with Gasteiger partial charge >= 0.3 is 0 Å². The van der Waals surface area contributed by atoms with Crippen LogP contribution in [0, 0.1) is 6.92 Å². The third-order valence-electron chi connectivity index (χ3n) is 4.62. The number of fused-ring (bicyclic) bond motifs is 1. The number of hydrogen-bond acceptors (Lipinski definition) is 5. The molecule has 1 aliphatic heterocycles. The first-order valence-electron chi connectivity index (χ1n) is 8.38. The first kappa shape index (κ1) is 15.9. The molecule has 0 bridgehead atoms. The van der Waals surface area contributed by atoms with Gasteiger partial charge in [0.1, 0.15) is 9.71 Å². The van der Waals surface area contributed by atoms with Crippen molar-refractivity contribution in [3.05, 3.63) is 53.0 Å². The van der Waals surface area contributed by atoms with Crippen molar-refractivity contribution in [2.24, 2.45) is 0 Å². The van der Waals surface area contributed by atoms with Crippen LogP contribution in [0.3, 0.4) is 0 Å². The lowest BCUT2D eigenvalue weighted by Crippen LogP contribution is -2.48. The smallest absolute Gasteiger partial charge is 0.266 e. The number of amides is 1. The molecule has 6 heteroatoms. The third kappa shape index (κ3) is 2.93. The fourth-order valence-electron chi connectivity index (χ4n) is 3.20. The number of rotatable bonds is 2. The van der Waals surface area contributed by atoms with E-state index in [2.05, 4.69) is 22.0 Å². The van der Waals surface area contributed by atoms with Crippen LogP contribution in [0.15, 0.2) is 42.5 Å². The predicted molar refractivity (Wildman–Crippen MR) is 103 cm³/mol. The number of carbonyl (C=O) groups excluding carboxylic acids is 1. The molecule has 0 atom stereocenters. The molecule has 0 aliphatic carbocycles. The number of pyridine rings is 1. The van der Waals surface area contributed by atoms with E-state index in [0.29, 0.717) is 23.7 Å². The quantitative estimate of drug-likeness (QED) is 0.770. The first-order valence-corrected chi connectivity index (χ1v) is 9.20. The number of thiophene rings is 1. The van der Waals surface area contributed by atoms with Gasteiger partial charge in [0.2, 0.25) is 0 Å². The Labute approximate surface area is 150 Å². The summed E-state index contributed by atoms with van der Waals surface area (Å²) in [6.07, 6.45) is 0. The van der Waals surface area contributed by atoms with Crippen molar-refractivity contribution in [1.82, 2.24) is 9.88 Å². The number of nitrogen functional groups attached to an aromatic ring is 1. The van der Waals surface area contributed by atoms with Crippen LogP contribution in [0.25, 0.3) is 10.2 Å². The molecule has 0 saturated carbocycles. The van der Waals surface area contributed by atoms with E-state index in [9.17, 15) is 4.79 Å². The number of benzene rings is 1. The minimum absolute atomic E-state index is 0.0193. The molecule has 1 aliphatic rings. The second kappa shape index (κ2) is 6.37. The molecule has 1 amide bonds. The Morgan fingerprint density at radius 1 is 1.08 bits per heavy atom. The van der Waals surface area contributed by atoms with Gasteiger partial charge in [0.05, 0.1) is 5.69 Å². The van der Waals surface area contributed by atoms with E-state index >= 15 is 0 Å². The molecule has 3 aromatic rings. The van der Waals surface area contributed by atoms with Crippen LogP contribution in [0.4, 0.5) is 11.4 Å². The van der Waals surface area contributed by atoms with Crippen LogP contribution < -0.4 is 10.6 Å². The Balaban J connectivity index is 1.52. The molecule has 2 N–H and O–H groups in total. The largest absolute Gasteiger partial charge is 0.397 e. The Morgan fingerprint density at radius 3 is 2.52 bits per heavy atom. The summed E-state index contributed by atoms with van der Waals surface area (Å²) < 4.78 is 0. The number of carbonyl (C=O) groups is 1. The van der Waals surface area contributed by atoms with E-state index in [4.69, 9.17) is 5.73 Å². The molecular weight excluding hydrogens is 332 g/mol. The fraction of sp³-hybridized carbons (Fsp3) is 0.263. The maximum absolute atomic E-state index is 12.9. The minimum Gasteiger partial charge on any atom is -0.397 e. The van der Waals surface area contributed by atoms with Crippen molar-refractivity contribution >= 4 is 38.8 Å². The normalized spacial score (nSPS) is 14.9. The van der Waals surface area contributed by atoms with Gasteiger partial charge in [0, 0.05) is 42.9 Å². The van der Waals surface area contributed by atoms with Crippen LogP contribution in [-0.4, -0.2) is 42.0 Å². The lowest BCUT2D eigenvalue weighted by atomic mass is 10.2. The number of nitrogens with zero attached hydrogens (tertiary/aromatic N) is 3. The summed E-state index contributed by atoms with van der Waals surface area (Å²) in [5.74, 6) is 0.0193. The number of piperazine rings is 1. The molecule has 25 heavy (non-hydrogen) atoms. The molecule has 3 heterocycles. The second-order valence-corrected chi connectivity index (χ2v) is 7.26. The Bertz CT molecular complexity index is 914. The van der Waals surface area contributed by atoms with E-state index in [1.165, 1.54) is 17.0 Å². The van der Waals surface area contributed by atoms with Crippen LogP contribution in [0.2, 0.25) is 0 Å². The summed E-state index contributed by atoms with van der Waals surface area (Å²) >= 11 is 1.40. The molecule has 4 rings (SSSR count). The van der Waals surface area contributed by atoms with E-state index in [1.807, 2.05) is 42.2 Å². The van der Waals surface area contributed by atoms with Gasteiger partial charge in [-0.2, -0.15) is 0 Å². The van der Waals surface area contributed by atoms with Crippen molar-refractivity contribution in [3.63, 3.8) is 0 Å². The van der Waals surface area contributed by atoms with E-state index in [0.717, 1.165) is 29.0 Å². The predicted octanol–water partition coefficient (Wildman–Crippen LogP) is 3.15. The van der Waals surface area contributed by atoms with Gasteiger partial charge in [0.25, 0.3) is 5.91 Å².